The molecule has 25 heavy (non-hydrogen) atoms. The van der Waals surface area contributed by atoms with Crippen LogP contribution in [0.25, 0.3) is 11.0 Å². The second-order valence-electron chi connectivity index (χ2n) is 6.84. The minimum absolute atomic E-state index is 0.105. The lowest BCUT2D eigenvalue weighted by Crippen LogP contribution is -2.51. The average Bonchev–Trinajstić information content (AvgIpc) is 3.21. The number of aromatic nitrogens is 2. The molecule has 0 spiro atoms. The summed E-state index contributed by atoms with van der Waals surface area (Å²) in [6.07, 6.45) is 5.90. The Kier molecular flexibility index (Phi) is 4.34. The molecule has 1 aromatic carbocycles. The third-order valence-electron chi connectivity index (χ3n) is 5.25. The molecule has 0 bridgehead atoms. The average molecular weight is 338 g/mol. The molecule has 0 unspecified atom stereocenters. The van der Waals surface area contributed by atoms with Crippen molar-refractivity contribution in [2.45, 2.75) is 25.7 Å². The summed E-state index contributed by atoms with van der Waals surface area (Å²) >= 11 is 0. The number of nitrogens with zero attached hydrogens (tertiary/aromatic N) is 4. The van der Waals surface area contributed by atoms with Crippen LogP contribution < -0.4 is 0 Å². The van der Waals surface area contributed by atoms with E-state index in [0.717, 1.165) is 36.7 Å². The van der Waals surface area contributed by atoms with Crippen LogP contribution in [0.15, 0.2) is 30.5 Å². The van der Waals surface area contributed by atoms with Gasteiger partial charge in [-0.2, -0.15) is 0 Å². The van der Waals surface area contributed by atoms with Crippen molar-refractivity contribution in [1.29, 1.82) is 0 Å². The number of hydrogen-bond acceptors (Lipinski definition) is 4. The lowest BCUT2D eigenvalue weighted by Gasteiger charge is -2.35. The minimum atomic E-state index is -0.105. The first-order valence-electron chi connectivity index (χ1n) is 9.02. The van der Waals surface area contributed by atoms with Crippen molar-refractivity contribution in [2.75, 3.05) is 26.2 Å². The van der Waals surface area contributed by atoms with Gasteiger partial charge in [0, 0.05) is 32.1 Å². The van der Waals surface area contributed by atoms with Crippen molar-refractivity contribution < 1.29 is 9.59 Å². The quantitative estimate of drug-likeness (QED) is 0.841. The van der Waals surface area contributed by atoms with Gasteiger partial charge in [-0.05, 0) is 25.0 Å². The first-order valence-corrected chi connectivity index (χ1v) is 9.02. The van der Waals surface area contributed by atoms with E-state index in [4.69, 9.17) is 0 Å². The molecule has 2 aromatic rings. The largest absolute Gasteiger partial charge is 0.339 e. The lowest BCUT2D eigenvalue weighted by atomic mass is 10.1. The molecule has 6 heteroatoms. The molecule has 0 atom stereocenters. The molecule has 1 saturated heterocycles. The number of carbonyl (C=O) groups is 2. The molecule has 2 fully saturated rings. The van der Waals surface area contributed by atoms with Crippen LogP contribution in [0.2, 0.25) is 0 Å². The number of piperazine rings is 1. The highest BCUT2D eigenvalue weighted by Crippen LogP contribution is 2.27. The maximum absolute atomic E-state index is 12.7. The van der Waals surface area contributed by atoms with Crippen molar-refractivity contribution in [3.05, 3.63) is 36.2 Å². The van der Waals surface area contributed by atoms with Gasteiger partial charge in [-0.25, -0.2) is 4.98 Å². The third-order valence-corrected chi connectivity index (χ3v) is 5.25. The van der Waals surface area contributed by atoms with Gasteiger partial charge < -0.3 is 9.80 Å². The summed E-state index contributed by atoms with van der Waals surface area (Å²) < 4.78 is 0. The summed E-state index contributed by atoms with van der Waals surface area (Å²) in [5.41, 5.74) is 1.88. The number of benzene rings is 1. The zero-order chi connectivity index (χ0) is 17.2. The Balaban J connectivity index is 1.41. The molecule has 0 radical (unpaired) electrons. The van der Waals surface area contributed by atoms with E-state index in [0.29, 0.717) is 31.9 Å². The first kappa shape index (κ1) is 16.0. The molecule has 1 aromatic heterocycles. The van der Waals surface area contributed by atoms with E-state index < -0.39 is 0 Å². The zero-order valence-electron chi connectivity index (χ0n) is 14.2. The summed E-state index contributed by atoms with van der Waals surface area (Å²) in [6, 6.07) is 7.53. The Labute approximate surface area is 146 Å². The maximum Gasteiger partial charge on any atom is 0.274 e. The lowest BCUT2D eigenvalue weighted by molar-refractivity contribution is -0.136. The number of hydrogen-bond donors (Lipinski definition) is 0. The second-order valence-corrected chi connectivity index (χ2v) is 6.84. The summed E-state index contributed by atoms with van der Waals surface area (Å²) in [4.78, 5) is 37.6. The van der Waals surface area contributed by atoms with Gasteiger partial charge in [-0.15, -0.1) is 0 Å². The summed E-state index contributed by atoms with van der Waals surface area (Å²) in [6.45, 7) is 2.35. The molecule has 2 heterocycles. The Morgan fingerprint density at radius 3 is 2.28 bits per heavy atom. The number of rotatable bonds is 2. The van der Waals surface area contributed by atoms with Crippen LogP contribution in [0.4, 0.5) is 0 Å². The Hall–Kier alpha value is -2.50. The smallest absolute Gasteiger partial charge is 0.274 e. The minimum Gasteiger partial charge on any atom is -0.339 e. The van der Waals surface area contributed by atoms with Crippen molar-refractivity contribution in [2.24, 2.45) is 5.92 Å². The van der Waals surface area contributed by atoms with Gasteiger partial charge in [0.05, 0.1) is 17.2 Å². The van der Waals surface area contributed by atoms with Crippen LogP contribution in [-0.2, 0) is 4.79 Å². The normalized spacial score (nSPS) is 18.7. The first-order chi connectivity index (χ1) is 12.2. The van der Waals surface area contributed by atoms with E-state index in [1.807, 2.05) is 29.2 Å². The van der Waals surface area contributed by atoms with Gasteiger partial charge in [-0.3, -0.25) is 14.6 Å². The van der Waals surface area contributed by atoms with Crippen LogP contribution in [0.3, 0.4) is 0 Å². The van der Waals surface area contributed by atoms with Crippen LogP contribution in [0.5, 0.6) is 0 Å². The van der Waals surface area contributed by atoms with E-state index in [1.54, 1.807) is 11.1 Å². The summed E-state index contributed by atoms with van der Waals surface area (Å²) in [5, 5.41) is 0. The van der Waals surface area contributed by atoms with E-state index >= 15 is 0 Å². The second kappa shape index (κ2) is 6.78. The Morgan fingerprint density at radius 1 is 0.920 bits per heavy atom. The number of carbonyl (C=O) groups excluding carboxylic acids is 2. The molecule has 1 saturated carbocycles. The predicted molar refractivity (Wildman–Crippen MR) is 94.0 cm³/mol. The highest BCUT2D eigenvalue weighted by Gasteiger charge is 2.31. The molecule has 2 amide bonds. The van der Waals surface area contributed by atoms with E-state index in [9.17, 15) is 9.59 Å². The van der Waals surface area contributed by atoms with Crippen molar-refractivity contribution in [3.8, 4) is 0 Å². The molecule has 2 aliphatic rings. The maximum atomic E-state index is 12.7. The van der Waals surface area contributed by atoms with Crippen LogP contribution >= 0.6 is 0 Å². The van der Waals surface area contributed by atoms with E-state index in [2.05, 4.69) is 9.97 Å². The van der Waals surface area contributed by atoms with Gasteiger partial charge in [0.1, 0.15) is 5.69 Å². The van der Waals surface area contributed by atoms with E-state index in [-0.39, 0.29) is 17.7 Å². The standard InChI is InChI=1S/C19H22N4O2/c24-18(14-5-1-2-6-14)22-9-11-23(12-10-22)19(25)17-13-20-15-7-3-4-8-16(15)21-17/h3-4,7-8,13-14H,1-2,5-6,9-12H2. The van der Waals surface area contributed by atoms with Gasteiger partial charge in [-0.1, -0.05) is 25.0 Å². The van der Waals surface area contributed by atoms with E-state index in [1.165, 1.54) is 0 Å². The molecule has 6 nitrogen and oxygen atoms in total. The van der Waals surface area contributed by atoms with Crippen LogP contribution in [0.1, 0.15) is 36.2 Å². The highest BCUT2D eigenvalue weighted by molar-refractivity contribution is 5.94. The Bertz CT molecular complexity index is 793. The third kappa shape index (κ3) is 3.21. The predicted octanol–water partition coefficient (Wildman–Crippen LogP) is 2.10. The monoisotopic (exact) mass is 338 g/mol. The van der Waals surface area contributed by atoms with Crippen molar-refractivity contribution in [3.63, 3.8) is 0 Å². The van der Waals surface area contributed by atoms with Gasteiger partial charge in [0.25, 0.3) is 5.91 Å². The number of amides is 2. The molecule has 130 valence electrons. The van der Waals surface area contributed by atoms with Crippen molar-refractivity contribution in [1.82, 2.24) is 19.8 Å². The van der Waals surface area contributed by atoms with Crippen LogP contribution in [-0.4, -0.2) is 57.8 Å². The van der Waals surface area contributed by atoms with Gasteiger partial charge >= 0.3 is 0 Å². The fourth-order valence-electron chi connectivity index (χ4n) is 3.78. The topological polar surface area (TPSA) is 66.4 Å². The molecule has 0 N–H and O–H groups in total. The molecular formula is C19H22N4O2. The molecule has 1 aliphatic carbocycles. The van der Waals surface area contributed by atoms with Gasteiger partial charge in [0.15, 0.2) is 0 Å². The van der Waals surface area contributed by atoms with Gasteiger partial charge in [0.2, 0.25) is 5.91 Å². The number of fused-ring (bicyclic) bond motifs is 1. The van der Waals surface area contributed by atoms with Crippen molar-refractivity contribution >= 4 is 22.8 Å². The molecule has 4 rings (SSSR count). The fraction of sp³-hybridized carbons (Fsp3) is 0.474. The number of para-hydroxylation sites is 2. The molecule has 1 aliphatic heterocycles. The fourth-order valence-corrected chi connectivity index (χ4v) is 3.78. The SMILES string of the molecule is O=C(c1cnc2ccccc2n1)N1CCN(C(=O)C2CCCC2)CC1. The van der Waals surface area contributed by atoms with Crippen LogP contribution in [0, 0.1) is 5.92 Å². The zero-order valence-corrected chi connectivity index (χ0v) is 14.2. The Morgan fingerprint density at radius 2 is 1.56 bits per heavy atom. The summed E-state index contributed by atoms with van der Waals surface area (Å²) in [7, 11) is 0. The molecular weight excluding hydrogens is 316 g/mol. The highest BCUT2D eigenvalue weighted by atomic mass is 16.2. The summed E-state index contributed by atoms with van der Waals surface area (Å²) in [5.74, 6) is 0.370.